The number of hydrogen-bond acceptors (Lipinski definition) is 6. The Bertz CT molecular complexity index is 5590. The van der Waals surface area contributed by atoms with Crippen LogP contribution in [0.2, 0.25) is 0 Å². The van der Waals surface area contributed by atoms with Gasteiger partial charge in [0.15, 0.2) is 5.82 Å². The first kappa shape index (κ1) is 49.6. The predicted molar refractivity (Wildman–Crippen MR) is 357 cm³/mol. The van der Waals surface area contributed by atoms with E-state index in [1.807, 2.05) is 36.4 Å². The standard InChI is InChI=1S/C78H50N8O2/c1-44-31-35-61-54(39-44)55-40-45(2)32-36-62(55)83(61)77-80-74(81-78(82-77)84-63-37-33-46(3)41-56(63)57-42-47(4)34-38-64(57)84)71-67(48-19-7-5-8-20-48)72(85-59-27-15-11-23-50(59)69-52-25-13-17-29-65(52)87-75(69)85)58(43-79)73(68(71)49-21-9-6-10-22-49)86-60-28-16-12-24-51(60)70-53-26-14-18-30-66(53)88-76(70)86/h5-42H,1-4H3. The van der Waals surface area contributed by atoms with Crippen LogP contribution in [-0.4, -0.2) is 33.2 Å². The summed E-state index contributed by atoms with van der Waals surface area (Å²) < 4.78 is 23.1. The highest BCUT2D eigenvalue weighted by Crippen LogP contribution is 2.53. The molecule has 0 saturated carbocycles. The number of aromatic nitrogens is 7. The second kappa shape index (κ2) is 18.6. The highest BCUT2D eigenvalue weighted by Gasteiger charge is 2.36. The van der Waals surface area contributed by atoms with Crippen molar-refractivity contribution < 1.29 is 8.83 Å². The van der Waals surface area contributed by atoms with Crippen LogP contribution in [0.15, 0.2) is 239 Å². The van der Waals surface area contributed by atoms with E-state index in [0.29, 0.717) is 62.8 Å². The number of rotatable bonds is 7. The van der Waals surface area contributed by atoms with Gasteiger partial charge in [0.2, 0.25) is 23.3 Å². The van der Waals surface area contributed by atoms with Gasteiger partial charge < -0.3 is 8.83 Å². The molecule has 0 saturated heterocycles. The van der Waals surface area contributed by atoms with E-state index in [1.54, 1.807) is 0 Å². The molecule has 0 unspecified atom stereocenters. The van der Waals surface area contributed by atoms with Gasteiger partial charge in [-0.05, 0) is 112 Å². The van der Waals surface area contributed by atoms with Gasteiger partial charge in [-0.3, -0.25) is 18.3 Å². The number of nitriles is 1. The van der Waals surface area contributed by atoms with Gasteiger partial charge in [0.25, 0.3) is 0 Å². The average Bonchev–Trinajstić information content (AvgIpc) is 1.42. The molecule has 0 aliphatic rings. The van der Waals surface area contributed by atoms with Gasteiger partial charge in [-0.1, -0.05) is 180 Å². The Morgan fingerprint density at radius 1 is 0.330 bits per heavy atom. The van der Waals surface area contributed by atoms with Gasteiger partial charge in [-0.25, -0.2) is 0 Å². The Kier molecular flexibility index (Phi) is 10.5. The number of benzene rings is 11. The van der Waals surface area contributed by atoms with E-state index in [-0.39, 0.29) is 0 Å². The van der Waals surface area contributed by atoms with E-state index in [0.717, 1.165) is 132 Å². The van der Waals surface area contributed by atoms with Crippen molar-refractivity contribution in [2.24, 2.45) is 0 Å². The van der Waals surface area contributed by atoms with E-state index in [1.165, 1.54) is 0 Å². The molecule has 0 N–H and O–H groups in total. The maximum absolute atomic E-state index is 12.8. The normalized spacial score (nSPS) is 12.1. The fourth-order valence-electron chi connectivity index (χ4n) is 14.2. The minimum atomic E-state index is 0.378. The Balaban J connectivity index is 1.12. The van der Waals surface area contributed by atoms with Crippen LogP contribution in [0, 0.1) is 39.0 Å². The largest absolute Gasteiger partial charge is 0.439 e. The van der Waals surface area contributed by atoms with Crippen molar-refractivity contribution in [3.05, 3.63) is 258 Å². The van der Waals surface area contributed by atoms with Gasteiger partial charge in [0, 0.05) is 59.8 Å². The SMILES string of the molecule is Cc1ccc2c(c1)c1cc(C)ccc1n2-c1nc(-c2c(-c3ccccc3)c(-n3c4ccccc4c4c5ccccc5oc43)c(C#N)c(-n3c4ccccc4c4c5ccccc5oc43)c2-c2ccccc2)nc(-n2c3ccc(C)cc3c3cc(C)ccc32)n1. The monoisotopic (exact) mass is 1130 g/mol. The Hall–Kier alpha value is -11.8. The molecule has 7 aromatic heterocycles. The summed E-state index contributed by atoms with van der Waals surface area (Å²) in [5, 5.41) is 22.9. The van der Waals surface area contributed by atoms with E-state index >= 15 is 0 Å². The number of para-hydroxylation sites is 4. The van der Waals surface area contributed by atoms with Crippen LogP contribution in [0.3, 0.4) is 0 Å². The van der Waals surface area contributed by atoms with Gasteiger partial charge >= 0.3 is 0 Å². The first-order valence-corrected chi connectivity index (χ1v) is 29.6. The van der Waals surface area contributed by atoms with Crippen molar-refractivity contribution in [3.8, 4) is 63.0 Å². The lowest BCUT2D eigenvalue weighted by Crippen LogP contribution is -2.14. The summed E-state index contributed by atoms with van der Waals surface area (Å²) in [6, 6.07) is 83.3. The molecular formula is C78H50N8O2. The zero-order chi connectivity index (χ0) is 58.6. The van der Waals surface area contributed by atoms with Crippen LogP contribution in [0.1, 0.15) is 27.8 Å². The molecule has 10 heteroatoms. The molecule has 0 amide bonds. The second-order valence-electron chi connectivity index (χ2n) is 23.3. The van der Waals surface area contributed by atoms with Crippen molar-refractivity contribution in [2.45, 2.75) is 27.7 Å². The zero-order valence-electron chi connectivity index (χ0n) is 48.3. The van der Waals surface area contributed by atoms with Crippen LogP contribution in [0.5, 0.6) is 0 Å². The Labute approximate surface area is 503 Å². The molecule has 0 radical (unpaired) electrons. The summed E-state index contributed by atoms with van der Waals surface area (Å²) in [5.41, 5.74) is 18.0. The van der Waals surface area contributed by atoms with Gasteiger partial charge in [-0.15, -0.1) is 0 Å². The summed E-state index contributed by atoms with van der Waals surface area (Å²) >= 11 is 0. The van der Waals surface area contributed by atoms with E-state index in [4.69, 9.17) is 23.8 Å². The molecule has 10 nitrogen and oxygen atoms in total. The van der Waals surface area contributed by atoms with Crippen LogP contribution < -0.4 is 0 Å². The maximum atomic E-state index is 12.8. The van der Waals surface area contributed by atoms with Crippen LogP contribution in [0.25, 0.3) is 166 Å². The third kappa shape index (κ3) is 7.01. The van der Waals surface area contributed by atoms with E-state index in [9.17, 15) is 5.26 Å². The quantitative estimate of drug-likeness (QED) is 0.157. The van der Waals surface area contributed by atoms with Gasteiger partial charge in [0.05, 0.1) is 55.2 Å². The predicted octanol–water partition coefficient (Wildman–Crippen LogP) is 19.9. The van der Waals surface area contributed by atoms with Crippen LogP contribution in [0.4, 0.5) is 0 Å². The minimum absolute atomic E-state index is 0.378. The zero-order valence-corrected chi connectivity index (χ0v) is 48.3. The van der Waals surface area contributed by atoms with Crippen molar-refractivity contribution in [3.63, 3.8) is 0 Å². The summed E-state index contributed by atoms with van der Waals surface area (Å²) in [6.45, 7) is 8.55. The first-order valence-electron chi connectivity index (χ1n) is 29.6. The van der Waals surface area contributed by atoms with Crippen molar-refractivity contribution in [2.75, 3.05) is 0 Å². The fraction of sp³-hybridized carbons (Fsp3) is 0.0513. The molecule has 0 bridgehead atoms. The minimum Gasteiger partial charge on any atom is -0.439 e. The number of hydrogen-bond donors (Lipinski definition) is 0. The molecule has 88 heavy (non-hydrogen) atoms. The lowest BCUT2D eigenvalue weighted by molar-refractivity contribution is 0.644. The van der Waals surface area contributed by atoms with Gasteiger partial charge in [0.1, 0.15) is 22.8 Å². The third-order valence-corrected chi connectivity index (χ3v) is 17.9. The summed E-state index contributed by atoms with van der Waals surface area (Å²) in [7, 11) is 0. The molecule has 0 fully saturated rings. The molecule has 414 valence electrons. The molecule has 18 aromatic rings. The molecule has 11 aromatic carbocycles. The lowest BCUT2D eigenvalue weighted by atomic mass is 9.85. The van der Waals surface area contributed by atoms with E-state index < -0.39 is 0 Å². The van der Waals surface area contributed by atoms with Crippen molar-refractivity contribution in [1.29, 1.82) is 5.26 Å². The van der Waals surface area contributed by atoms with E-state index in [2.05, 4.69) is 246 Å². The van der Waals surface area contributed by atoms with Gasteiger partial charge in [-0.2, -0.15) is 20.2 Å². The first-order chi connectivity index (χ1) is 43.3. The topological polar surface area (TPSA) is 108 Å². The van der Waals surface area contributed by atoms with Crippen LogP contribution in [-0.2, 0) is 0 Å². The molecule has 0 spiro atoms. The number of aryl methyl sites for hydroxylation is 4. The Morgan fingerprint density at radius 2 is 0.670 bits per heavy atom. The summed E-state index contributed by atoms with van der Waals surface area (Å²) in [5.74, 6) is 1.22. The molecule has 0 aliphatic carbocycles. The number of furan rings is 2. The highest BCUT2D eigenvalue weighted by molar-refractivity contribution is 6.23. The molecular weight excluding hydrogens is 1080 g/mol. The highest BCUT2D eigenvalue weighted by atomic mass is 16.3. The number of nitrogens with zero attached hydrogens (tertiary/aromatic N) is 8. The maximum Gasteiger partial charge on any atom is 0.240 e. The van der Waals surface area contributed by atoms with Crippen molar-refractivity contribution >= 4 is 110 Å². The summed E-state index contributed by atoms with van der Waals surface area (Å²) in [6.07, 6.45) is 0. The molecule has 18 rings (SSSR count). The fourth-order valence-corrected chi connectivity index (χ4v) is 14.2. The average molecular weight is 1130 g/mol. The van der Waals surface area contributed by atoms with Crippen LogP contribution >= 0.6 is 0 Å². The van der Waals surface area contributed by atoms with Crippen molar-refractivity contribution in [1.82, 2.24) is 33.2 Å². The number of fused-ring (bicyclic) bond motifs is 16. The second-order valence-corrected chi connectivity index (χ2v) is 23.3. The Morgan fingerprint density at radius 3 is 1.06 bits per heavy atom. The molecule has 7 heterocycles. The lowest BCUT2D eigenvalue weighted by Gasteiger charge is -2.26. The molecule has 0 aliphatic heterocycles. The third-order valence-electron chi connectivity index (χ3n) is 17.9. The molecule has 0 atom stereocenters. The smallest absolute Gasteiger partial charge is 0.240 e. The summed E-state index contributed by atoms with van der Waals surface area (Å²) in [4.78, 5) is 17.7.